The number of rotatable bonds is 2. The van der Waals surface area contributed by atoms with Gasteiger partial charge in [-0.15, -0.1) is 0 Å². The lowest BCUT2D eigenvalue weighted by molar-refractivity contribution is 0.0532. The Morgan fingerprint density at radius 1 is 0.880 bits per heavy atom. The lowest BCUT2D eigenvalue weighted by Gasteiger charge is -2.35. The van der Waals surface area contributed by atoms with E-state index < -0.39 is 17.5 Å². The first-order valence-electron chi connectivity index (χ1n) is 7.75. The first-order chi connectivity index (χ1) is 12.0. The summed E-state index contributed by atoms with van der Waals surface area (Å²) in [4.78, 5) is 27.9. The Hall–Kier alpha value is -2.47. The van der Waals surface area contributed by atoms with Crippen LogP contribution >= 0.6 is 11.6 Å². The predicted octanol–water partition coefficient (Wildman–Crippen LogP) is 3.22. The summed E-state index contributed by atoms with van der Waals surface area (Å²) in [5.41, 5.74) is 0.103. The van der Waals surface area contributed by atoms with Crippen LogP contribution < -0.4 is 0 Å². The van der Waals surface area contributed by atoms with Gasteiger partial charge in [0.1, 0.15) is 11.6 Å². The summed E-state index contributed by atoms with van der Waals surface area (Å²) in [7, 11) is 0. The molecule has 4 nitrogen and oxygen atoms in total. The average Bonchev–Trinajstić information content (AvgIpc) is 2.61. The molecule has 0 unspecified atom stereocenters. The Balaban J connectivity index is 1.68. The molecule has 0 radical (unpaired) electrons. The summed E-state index contributed by atoms with van der Waals surface area (Å²) in [5.74, 6) is -1.94. The molecule has 0 aliphatic carbocycles. The number of benzene rings is 2. The van der Waals surface area contributed by atoms with Crippen LogP contribution in [0.1, 0.15) is 20.7 Å². The van der Waals surface area contributed by atoms with E-state index in [0.29, 0.717) is 0 Å². The van der Waals surface area contributed by atoms with E-state index in [0.717, 1.165) is 0 Å². The molecule has 0 N–H and O–H groups in total. The highest BCUT2D eigenvalue weighted by Crippen LogP contribution is 2.21. The molecule has 0 saturated carbocycles. The number of carbonyl (C=O) groups excluding carboxylic acids is 2. The van der Waals surface area contributed by atoms with Crippen LogP contribution in [0.15, 0.2) is 42.5 Å². The second-order valence-corrected chi connectivity index (χ2v) is 6.10. The lowest BCUT2D eigenvalue weighted by atomic mass is 10.1. The molecule has 2 aromatic carbocycles. The van der Waals surface area contributed by atoms with E-state index in [2.05, 4.69) is 0 Å². The van der Waals surface area contributed by atoms with E-state index >= 15 is 0 Å². The highest BCUT2D eigenvalue weighted by molar-refractivity contribution is 6.33. The van der Waals surface area contributed by atoms with E-state index in [-0.39, 0.29) is 48.2 Å². The maximum absolute atomic E-state index is 13.9. The van der Waals surface area contributed by atoms with Crippen molar-refractivity contribution in [2.45, 2.75) is 0 Å². The van der Waals surface area contributed by atoms with Gasteiger partial charge in [-0.1, -0.05) is 23.7 Å². The summed E-state index contributed by atoms with van der Waals surface area (Å²) >= 11 is 5.93. The second kappa shape index (κ2) is 7.19. The molecular formula is C18H15ClF2N2O2. The van der Waals surface area contributed by atoms with Gasteiger partial charge in [0, 0.05) is 31.7 Å². The molecule has 0 bridgehead atoms. The number of carbonyl (C=O) groups is 2. The van der Waals surface area contributed by atoms with Crippen LogP contribution in [0.5, 0.6) is 0 Å². The molecule has 1 aliphatic heterocycles. The zero-order valence-electron chi connectivity index (χ0n) is 13.2. The Labute approximate surface area is 148 Å². The van der Waals surface area contributed by atoms with E-state index in [1.54, 1.807) is 11.0 Å². The quantitative estimate of drug-likeness (QED) is 0.821. The normalized spacial score (nSPS) is 14.5. The predicted molar refractivity (Wildman–Crippen MR) is 89.6 cm³/mol. The molecule has 0 atom stereocenters. The van der Waals surface area contributed by atoms with Gasteiger partial charge < -0.3 is 9.80 Å². The summed E-state index contributed by atoms with van der Waals surface area (Å²) in [6, 6.07) is 9.55. The summed E-state index contributed by atoms with van der Waals surface area (Å²) in [6.07, 6.45) is 0. The van der Waals surface area contributed by atoms with Gasteiger partial charge in [0.05, 0.1) is 10.6 Å². The zero-order valence-corrected chi connectivity index (χ0v) is 14.0. The van der Waals surface area contributed by atoms with Crippen molar-refractivity contribution < 1.29 is 18.4 Å². The molecule has 3 rings (SSSR count). The zero-order chi connectivity index (χ0) is 18.0. The van der Waals surface area contributed by atoms with Crippen molar-refractivity contribution in [1.82, 2.24) is 9.80 Å². The molecule has 7 heteroatoms. The third kappa shape index (κ3) is 3.64. The molecule has 0 spiro atoms. The van der Waals surface area contributed by atoms with Crippen molar-refractivity contribution >= 4 is 23.4 Å². The van der Waals surface area contributed by atoms with E-state index in [1.807, 2.05) is 0 Å². The van der Waals surface area contributed by atoms with Gasteiger partial charge in [-0.05, 0) is 30.3 Å². The maximum Gasteiger partial charge on any atom is 0.258 e. The van der Waals surface area contributed by atoms with Crippen LogP contribution in [-0.4, -0.2) is 47.8 Å². The topological polar surface area (TPSA) is 40.6 Å². The minimum atomic E-state index is -0.671. The molecule has 2 amide bonds. The molecule has 1 fully saturated rings. The molecule has 1 aliphatic rings. The van der Waals surface area contributed by atoms with Crippen molar-refractivity contribution in [3.05, 3.63) is 70.2 Å². The lowest BCUT2D eigenvalue weighted by Crippen LogP contribution is -2.50. The first-order valence-corrected chi connectivity index (χ1v) is 8.13. The highest BCUT2D eigenvalue weighted by Gasteiger charge is 2.28. The van der Waals surface area contributed by atoms with Crippen molar-refractivity contribution in [1.29, 1.82) is 0 Å². The van der Waals surface area contributed by atoms with Crippen LogP contribution in [0.2, 0.25) is 5.02 Å². The number of hydrogen-bond acceptors (Lipinski definition) is 2. The van der Waals surface area contributed by atoms with Crippen molar-refractivity contribution in [2.24, 2.45) is 0 Å². The molecule has 25 heavy (non-hydrogen) atoms. The van der Waals surface area contributed by atoms with E-state index in [4.69, 9.17) is 11.6 Å². The number of hydrogen-bond donors (Lipinski definition) is 0. The van der Waals surface area contributed by atoms with Crippen LogP contribution in [0.25, 0.3) is 0 Å². The van der Waals surface area contributed by atoms with Crippen molar-refractivity contribution in [2.75, 3.05) is 26.2 Å². The van der Waals surface area contributed by atoms with Crippen molar-refractivity contribution in [3.8, 4) is 0 Å². The summed E-state index contributed by atoms with van der Waals surface area (Å²) in [6.45, 7) is 1.08. The first kappa shape index (κ1) is 17.4. The minimum Gasteiger partial charge on any atom is -0.335 e. The van der Waals surface area contributed by atoms with E-state index in [1.165, 1.54) is 41.3 Å². The van der Waals surface area contributed by atoms with Gasteiger partial charge in [0.2, 0.25) is 0 Å². The molecule has 0 aromatic heterocycles. The second-order valence-electron chi connectivity index (χ2n) is 5.69. The Morgan fingerprint density at radius 3 is 2.08 bits per heavy atom. The van der Waals surface area contributed by atoms with Crippen LogP contribution in [-0.2, 0) is 0 Å². The molecular weight excluding hydrogens is 350 g/mol. The number of halogens is 3. The minimum absolute atomic E-state index is 0.0586. The SMILES string of the molecule is O=C(c1cccc(F)c1)N1CCN(C(=O)c2c(F)cccc2Cl)CC1. The van der Waals surface area contributed by atoms with Gasteiger partial charge in [-0.3, -0.25) is 9.59 Å². The fourth-order valence-electron chi connectivity index (χ4n) is 2.78. The van der Waals surface area contributed by atoms with Gasteiger partial charge in [0.15, 0.2) is 0 Å². The third-order valence-electron chi connectivity index (χ3n) is 4.10. The largest absolute Gasteiger partial charge is 0.335 e. The number of amides is 2. The molecule has 130 valence electrons. The number of nitrogens with zero attached hydrogens (tertiary/aromatic N) is 2. The molecule has 1 saturated heterocycles. The third-order valence-corrected chi connectivity index (χ3v) is 4.42. The highest BCUT2D eigenvalue weighted by atomic mass is 35.5. The smallest absolute Gasteiger partial charge is 0.258 e. The molecule has 2 aromatic rings. The van der Waals surface area contributed by atoms with Crippen LogP contribution in [0.4, 0.5) is 8.78 Å². The summed E-state index contributed by atoms with van der Waals surface area (Å²) in [5, 5.41) is 0.0586. The van der Waals surface area contributed by atoms with Crippen molar-refractivity contribution in [3.63, 3.8) is 0 Å². The Kier molecular flexibility index (Phi) is 4.99. The van der Waals surface area contributed by atoms with Gasteiger partial charge >= 0.3 is 0 Å². The fraction of sp³-hybridized carbons (Fsp3) is 0.222. The average molecular weight is 365 g/mol. The Bertz CT molecular complexity index is 800. The van der Waals surface area contributed by atoms with Crippen LogP contribution in [0.3, 0.4) is 0 Å². The fourth-order valence-corrected chi connectivity index (χ4v) is 3.02. The van der Waals surface area contributed by atoms with Crippen LogP contribution in [0, 0.1) is 11.6 Å². The van der Waals surface area contributed by atoms with Gasteiger partial charge in [-0.25, -0.2) is 8.78 Å². The van der Waals surface area contributed by atoms with Gasteiger partial charge in [0.25, 0.3) is 11.8 Å². The van der Waals surface area contributed by atoms with E-state index in [9.17, 15) is 18.4 Å². The maximum atomic E-state index is 13.9. The summed E-state index contributed by atoms with van der Waals surface area (Å²) < 4.78 is 27.1. The van der Waals surface area contributed by atoms with Gasteiger partial charge in [-0.2, -0.15) is 0 Å². The molecule has 1 heterocycles. The number of piperazine rings is 1. The Morgan fingerprint density at radius 2 is 1.48 bits per heavy atom. The monoisotopic (exact) mass is 364 g/mol. The standard InChI is InChI=1S/C18H15ClF2N2O2/c19-14-5-2-6-15(21)16(14)18(25)23-9-7-22(8-10-23)17(24)12-3-1-4-13(20)11-12/h1-6,11H,7-10H2.